The average molecular weight is 349 g/mol. The summed E-state index contributed by atoms with van der Waals surface area (Å²) in [5.41, 5.74) is 1.04. The Labute approximate surface area is 142 Å². The number of benzene rings is 1. The maximum atomic E-state index is 13.3. The molecule has 1 aromatic carbocycles. The summed E-state index contributed by atoms with van der Waals surface area (Å²) < 4.78 is 38.0. The van der Waals surface area contributed by atoms with Gasteiger partial charge in [-0.1, -0.05) is 18.2 Å². The molecule has 2 aromatic rings. The Balaban J connectivity index is 1.42. The number of alkyl halides is 2. The zero-order valence-electron chi connectivity index (χ0n) is 13.4. The van der Waals surface area contributed by atoms with Gasteiger partial charge in [0.1, 0.15) is 23.7 Å². The molecule has 1 atom stereocenters. The van der Waals surface area contributed by atoms with Crippen LogP contribution in [0.5, 0.6) is 5.75 Å². The first-order chi connectivity index (χ1) is 12.0. The van der Waals surface area contributed by atoms with Crippen LogP contribution in [0.3, 0.4) is 0 Å². The molecular weight excluding hydrogens is 332 g/mol. The largest absolute Gasteiger partial charge is 0.487 e. The molecule has 1 amide bonds. The predicted octanol–water partition coefficient (Wildman–Crippen LogP) is 2.16. The standard InChI is InChI=1S/C17H17F2N3O3/c18-17(19)12(10-25-17)9-21-6-7-22-15(16(21)23)8-13(20-22)11-24-14-4-2-1-3-5-14/h1-5,8,12H,6-7,9-11H2/t12-/m1/s1. The van der Waals surface area contributed by atoms with Crippen molar-refractivity contribution in [3.05, 3.63) is 47.8 Å². The van der Waals surface area contributed by atoms with Crippen molar-refractivity contribution >= 4 is 5.91 Å². The molecule has 3 heterocycles. The maximum Gasteiger partial charge on any atom is 0.362 e. The summed E-state index contributed by atoms with van der Waals surface area (Å²) in [7, 11) is 0. The van der Waals surface area contributed by atoms with Gasteiger partial charge < -0.3 is 14.4 Å². The number of carbonyl (C=O) groups is 1. The number of nitrogens with zero attached hydrogens (tertiary/aromatic N) is 3. The van der Waals surface area contributed by atoms with E-state index in [0.717, 1.165) is 0 Å². The van der Waals surface area contributed by atoms with Crippen molar-refractivity contribution in [1.82, 2.24) is 14.7 Å². The third kappa shape index (κ3) is 3.09. The van der Waals surface area contributed by atoms with Crippen LogP contribution in [0, 0.1) is 5.92 Å². The van der Waals surface area contributed by atoms with Gasteiger partial charge in [-0.05, 0) is 18.2 Å². The van der Waals surface area contributed by atoms with Crippen molar-refractivity contribution in [2.45, 2.75) is 19.3 Å². The zero-order chi connectivity index (χ0) is 17.4. The first-order valence-corrected chi connectivity index (χ1v) is 8.08. The number of aromatic nitrogens is 2. The monoisotopic (exact) mass is 349 g/mol. The molecule has 1 saturated heterocycles. The summed E-state index contributed by atoms with van der Waals surface area (Å²) in [6.45, 7) is 1.05. The van der Waals surface area contributed by atoms with Gasteiger partial charge in [0, 0.05) is 13.1 Å². The van der Waals surface area contributed by atoms with E-state index < -0.39 is 12.0 Å². The van der Waals surface area contributed by atoms with Gasteiger partial charge >= 0.3 is 6.11 Å². The Hall–Kier alpha value is -2.48. The first kappa shape index (κ1) is 16.0. The quantitative estimate of drug-likeness (QED) is 0.830. The second-order valence-corrected chi connectivity index (χ2v) is 6.17. The van der Waals surface area contributed by atoms with Crippen LogP contribution in [0.2, 0.25) is 0 Å². The molecule has 2 aliphatic heterocycles. The van der Waals surface area contributed by atoms with Crippen molar-refractivity contribution in [2.75, 3.05) is 19.7 Å². The van der Waals surface area contributed by atoms with Crippen LogP contribution in [-0.2, 0) is 17.9 Å². The highest BCUT2D eigenvalue weighted by Crippen LogP contribution is 2.36. The van der Waals surface area contributed by atoms with E-state index in [0.29, 0.717) is 30.2 Å². The number of amides is 1. The van der Waals surface area contributed by atoms with E-state index in [1.807, 2.05) is 30.3 Å². The Morgan fingerprint density at radius 1 is 1.28 bits per heavy atom. The topological polar surface area (TPSA) is 56.6 Å². The number of fused-ring (bicyclic) bond motifs is 1. The number of halogens is 2. The van der Waals surface area contributed by atoms with Crippen molar-refractivity contribution < 1.29 is 23.0 Å². The lowest BCUT2D eigenvalue weighted by atomic mass is 10.0. The number of ether oxygens (including phenoxy) is 2. The van der Waals surface area contributed by atoms with Crippen molar-refractivity contribution in [1.29, 1.82) is 0 Å². The lowest BCUT2D eigenvalue weighted by Gasteiger charge is -2.39. The average Bonchev–Trinajstić information content (AvgIpc) is 3.03. The van der Waals surface area contributed by atoms with E-state index in [9.17, 15) is 13.6 Å². The Morgan fingerprint density at radius 3 is 2.76 bits per heavy atom. The van der Waals surface area contributed by atoms with Crippen LogP contribution in [0.15, 0.2) is 36.4 Å². The highest BCUT2D eigenvalue weighted by atomic mass is 19.3. The summed E-state index contributed by atoms with van der Waals surface area (Å²) in [5.74, 6) is -0.507. The van der Waals surface area contributed by atoms with Crippen LogP contribution < -0.4 is 4.74 Å². The van der Waals surface area contributed by atoms with Gasteiger partial charge in [-0.2, -0.15) is 13.9 Å². The van der Waals surface area contributed by atoms with Gasteiger partial charge in [-0.3, -0.25) is 9.48 Å². The lowest BCUT2D eigenvalue weighted by Crippen LogP contribution is -2.54. The minimum Gasteiger partial charge on any atom is -0.487 e. The minimum atomic E-state index is -3.13. The molecular formula is C17H17F2N3O3. The van der Waals surface area contributed by atoms with Crippen LogP contribution >= 0.6 is 0 Å². The normalized spacial score (nSPS) is 21.6. The maximum absolute atomic E-state index is 13.3. The third-order valence-corrected chi connectivity index (χ3v) is 4.44. The van der Waals surface area contributed by atoms with E-state index >= 15 is 0 Å². The van der Waals surface area contributed by atoms with Crippen molar-refractivity contribution in [2.24, 2.45) is 5.92 Å². The molecule has 0 saturated carbocycles. The highest BCUT2D eigenvalue weighted by Gasteiger charge is 2.51. The number of para-hydroxylation sites is 1. The van der Waals surface area contributed by atoms with E-state index in [1.54, 1.807) is 10.7 Å². The molecule has 6 nitrogen and oxygen atoms in total. The molecule has 132 valence electrons. The van der Waals surface area contributed by atoms with Crippen LogP contribution in [0.1, 0.15) is 16.2 Å². The lowest BCUT2D eigenvalue weighted by molar-refractivity contribution is -0.358. The number of hydrogen-bond acceptors (Lipinski definition) is 4. The van der Waals surface area contributed by atoms with Crippen LogP contribution in [-0.4, -0.2) is 46.4 Å². The molecule has 4 rings (SSSR count). The second-order valence-electron chi connectivity index (χ2n) is 6.17. The molecule has 25 heavy (non-hydrogen) atoms. The molecule has 0 N–H and O–H groups in total. The number of rotatable bonds is 5. The molecule has 0 unspecified atom stereocenters. The third-order valence-electron chi connectivity index (χ3n) is 4.44. The molecule has 2 aliphatic rings. The van der Waals surface area contributed by atoms with E-state index in [2.05, 4.69) is 9.84 Å². The Morgan fingerprint density at radius 2 is 2.08 bits per heavy atom. The van der Waals surface area contributed by atoms with Gasteiger partial charge in [0.2, 0.25) is 0 Å². The van der Waals surface area contributed by atoms with Gasteiger partial charge in [0.25, 0.3) is 5.91 Å². The van der Waals surface area contributed by atoms with E-state index in [-0.39, 0.29) is 25.7 Å². The van der Waals surface area contributed by atoms with Gasteiger partial charge in [-0.15, -0.1) is 0 Å². The fraction of sp³-hybridized carbons (Fsp3) is 0.412. The van der Waals surface area contributed by atoms with Gasteiger partial charge in [-0.25, -0.2) is 0 Å². The summed E-state index contributed by atoms with van der Waals surface area (Å²) >= 11 is 0. The first-order valence-electron chi connectivity index (χ1n) is 8.08. The fourth-order valence-corrected chi connectivity index (χ4v) is 2.96. The molecule has 0 aliphatic carbocycles. The molecule has 0 radical (unpaired) electrons. The fourth-order valence-electron chi connectivity index (χ4n) is 2.96. The Bertz CT molecular complexity index is 779. The summed E-state index contributed by atoms with van der Waals surface area (Å²) in [4.78, 5) is 14.0. The van der Waals surface area contributed by atoms with Crippen LogP contribution in [0.25, 0.3) is 0 Å². The highest BCUT2D eigenvalue weighted by molar-refractivity contribution is 5.93. The SMILES string of the molecule is O=C1c2cc(COc3ccccc3)nn2CCN1C[C@@H]1COC1(F)F. The van der Waals surface area contributed by atoms with E-state index in [4.69, 9.17) is 4.74 Å². The second kappa shape index (κ2) is 6.11. The van der Waals surface area contributed by atoms with Crippen molar-refractivity contribution in [3.63, 3.8) is 0 Å². The predicted molar refractivity (Wildman–Crippen MR) is 83.3 cm³/mol. The van der Waals surface area contributed by atoms with E-state index in [1.165, 1.54) is 4.90 Å². The molecule has 1 fully saturated rings. The number of carbonyl (C=O) groups excluding carboxylic acids is 1. The van der Waals surface area contributed by atoms with Gasteiger partial charge in [0.15, 0.2) is 0 Å². The van der Waals surface area contributed by atoms with Gasteiger partial charge in [0.05, 0.1) is 19.1 Å². The number of hydrogen-bond donors (Lipinski definition) is 0. The Kier molecular flexibility index (Phi) is 3.91. The van der Waals surface area contributed by atoms with Crippen LogP contribution in [0.4, 0.5) is 8.78 Å². The minimum absolute atomic E-state index is 0.00708. The zero-order valence-corrected chi connectivity index (χ0v) is 13.4. The molecule has 0 spiro atoms. The summed E-state index contributed by atoms with van der Waals surface area (Å²) in [6, 6.07) is 11.0. The smallest absolute Gasteiger partial charge is 0.362 e. The molecule has 0 bridgehead atoms. The molecule has 1 aromatic heterocycles. The molecule has 8 heteroatoms. The summed E-state index contributed by atoms with van der Waals surface area (Å²) in [6.07, 6.45) is -3.13. The summed E-state index contributed by atoms with van der Waals surface area (Å²) in [5, 5.41) is 4.36. The van der Waals surface area contributed by atoms with Crippen molar-refractivity contribution in [3.8, 4) is 5.75 Å².